The molecule has 0 saturated carbocycles. The van der Waals surface area contributed by atoms with Crippen molar-refractivity contribution in [1.82, 2.24) is 0 Å². The molecule has 0 bridgehead atoms. The van der Waals surface area contributed by atoms with Crippen molar-refractivity contribution in [3.05, 3.63) is 30.1 Å². The molecule has 1 aromatic heterocycles. The van der Waals surface area contributed by atoms with Gasteiger partial charge in [-0.1, -0.05) is 97.3 Å². The van der Waals surface area contributed by atoms with Crippen LogP contribution >= 0.6 is 0 Å². The van der Waals surface area contributed by atoms with E-state index >= 15 is 0 Å². The first kappa shape index (κ1) is 22.2. The van der Waals surface area contributed by atoms with Crippen molar-refractivity contribution in [1.29, 1.82) is 0 Å². The van der Waals surface area contributed by atoms with Crippen LogP contribution in [0.4, 0.5) is 0 Å². The predicted molar refractivity (Wildman–Crippen MR) is 111 cm³/mol. The van der Waals surface area contributed by atoms with Crippen LogP contribution in [0.15, 0.2) is 24.5 Å². The maximum atomic E-state index is 2.33. The summed E-state index contributed by atoms with van der Waals surface area (Å²) in [5.41, 5.74) is 1.44. The molecule has 1 rings (SSSR count). The fourth-order valence-electron chi connectivity index (χ4n) is 3.54. The summed E-state index contributed by atoms with van der Waals surface area (Å²) < 4.78 is 2.33. The molecule has 144 valence electrons. The van der Waals surface area contributed by atoms with Gasteiger partial charge in [0.2, 0.25) is 0 Å². The lowest BCUT2D eigenvalue weighted by Crippen LogP contribution is -2.32. The summed E-state index contributed by atoms with van der Waals surface area (Å²) >= 11 is 0. The Morgan fingerprint density at radius 2 is 0.960 bits per heavy atom. The molecule has 0 radical (unpaired) electrons. The highest BCUT2D eigenvalue weighted by molar-refractivity contribution is 5.06. The largest absolute Gasteiger partial charge is 0.205 e. The van der Waals surface area contributed by atoms with Gasteiger partial charge in [0.15, 0.2) is 12.4 Å². The van der Waals surface area contributed by atoms with E-state index in [1.807, 2.05) is 0 Å². The topological polar surface area (TPSA) is 3.88 Å². The molecule has 0 aliphatic carbocycles. The Morgan fingerprint density at radius 1 is 0.560 bits per heavy atom. The summed E-state index contributed by atoms with van der Waals surface area (Å²) in [6, 6.07) is 4.51. The number of hydrogen-bond acceptors (Lipinski definition) is 0. The number of hydrogen-bond donors (Lipinski definition) is 0. The quantitative estimate of drug-likeness (QED) is 0.204. The highest BCUT2D eigenvalue weighted by Gasteiger charge is 2.00. The molecule has 0 fully saturated rings. The highest BCUT2D eigenvalue weighted by Crippen LogP contribution is 2.13. The molecule has 0 N–H and O–H groups in total. The number of aryl methyl sites for hydroxylation is 2. The second-order valence-corrected chi connectivity index (χ2v) is 7.75. The first-order valence-corrected chi connectivity index (χ1v) is 11.3. The molecule has 0 saturated heterocycles. The summed E-state index contributed by atoms with van der Waals surface area (Å²) in [5.74, 6) is 0. The fourth-order valence-corrected chi connectivity index (χ4v) is 3.54. The van der Waals surface area contributed by atoms with Crippen molar-refractivity contribution in [3.63, 3.8) is 0 Å². The van der Waals surface area contributed by atoms with Crippen molar-refractivity contribution in [2.24, 2.45) is 0 Å². The number of pyridine rings is 1. The molecule has 0 spiro atoms. The normalized spacial score (nSPS) is 11.1. The van der Waals surface area contributed by atoms with Gasteiger partial charge in [0.1, 0.15) is 6.54 Å². The van der Waals surface area contributed by atoms with Gasteiger partial charge in [-0.05, 0) is 18.4 Å². The maximum Gasteiger partial charge on any atom is 0.169 e. The van der Waals surface area contributed by atoms with Crippen molar-refractivity contribution >= 4 is 0 Å². The van der Waals surface area contributed by atoms with Crippen LogP contribution in [0.5, 0.6) is 0 Å². The van der Waals surface area contributed by atoms with Crippen LogP contribution in [0.2, 0.25) is 0 Å². The molecule has 0 unspecified atom stereocenters. The zero-order valence-electron chi connectivity index (χ0n) is 17.3. The van der Waals surface area contributed by atoms with E-state index in [0.717, 1.165) is 6.42 Å². The molecule has 0 aliphatic heterocycles. The lowest BCUT2D eigenvalue weighted by atomic mass is 10.0. The Hall–Kier alpha value is -0.850. The summed E-state index contributed by atoms with van der Waals surface area (Å²) in [7, 11) is 0. The minimum Gasteiger partial charge on any atom is -0.205 e. The third kappa shape index (κ3) is 13.1. The third-order valence-corrected chi connectivity index (χ3v) is 5.39. The van der Waals surface area contributed by atoms with Crippen LogP contribution in [-0.4, -0.2) is 0 Å². The molecule has 0 atom stereocenters. The van der Waals surface area contributed by atoms with Crippen molar-refractivity contribution in [2.45, 2.75) is 123 Å². The highest BCUT2D eigenvalue weighted by atomic mass is 14.9. The Bertz CT molecular complexity index is 382. The minimum absolute atomic E-state index is 1.14. The van der Waals surface area contributed by atoms with E-state index in [0.29, 0.717) is 0 Å². The first-order valence-electron chi connectivity index (χ1n) is 11.3. The number of unbranched alkanes of at least 4 members (excludes halogenated alkanes) is 14. The van der Waals surface area contributed by atoms with E-state index in [1.54, 1.807) is 0 Å². The van der Waals surface area contributed by atoms with Gasteiger partial charge in [-0.25, -0.2) is 4.57 Å². The second-order valence-electron chi connectivity index (χ2n) is 7.75. The van der Waals surface area contributed by atoms with Gasteiger partial charge in [-0.3, -0.25) is 0 Å². The zero-order chi connectivity index (χ0) is 18.0. The number of aromatic nitrogens is 1. The molecule has 0 aliphatic rings. The monoisotopic (exact) mass is 346 g/mol. The van der Waals surface area contributed by atoms with Crippen molar-refractivity contribution in [3.8, 4) is 0 Å². The maximum absolute atomic E-state index is 2.33. The van der Waals surface area contributed by atoms with Crippen LogP contribution in [0.25, 0.3) is 0 Å². The van der Waals surface area contributed by atoms with Crippen molar-refractivity contribution in [2.75, 3.05) is 0 Å². The van der Waals surface area contributed by atoms with Crippen molar-refractivity contribution < 1.29 is 4.57 Å². The average Bonchev–Trinajstić information content (AvgIpc) is 2.65. The number of rotatable bonds is 17. The minimum atomic E-state index is 1.14. The number of nitrogens with zero attached hydrogens (tertiary/aromatic N) is 1. The van der Waals surface area contributed by atoms with Gasteiger partial charge in [0, 0.05) is 18.6 Å². The molecular formula is C24H44N+. The van der Waals surface area contributed by atoms with Crippen LogP contribution < -0.4 is 4.57 Å². The third-order valence-electron chi connectivity index (χ3n) is 5.39. The summed E-state index contributed by atoms with van der Waals surface area (Å²) in [5, 5.41) is 0. The van der Waals surface area contributed by atoms with Gasteiger partial charge in [0.05, 0.1) is 0 Å². The van der Waals surface area contributed by atoms with E-state index < -0.39 is 0 Å². The lowest BCUT2D eigenvalue weighted by Gasteiger charge is -2.03. The van der Waals surface area contributed by atoms with E-state index in [9.17, 15) is 0 Å². The zero-order valence-corrected chi connectivity index (χ0v) is 17.3. The molecule has 25 heavy (non-hydrogen) atoms. The fraction of sp³-hybridized carbons (Fsp3) is 0.792. The average molecular weight is 347 g/mol. The van der Waals surface area contributed by atoms with Crippen LogP contribution in [0.1, 0.15) is 116 Å². The predicted octanol–water partition coefficient (Wildman–Crippen LogP) is 7.41. The Balaban J connectivity index is 1.78. The van der Waals surface area contributed by atoms with Gasteiger partial charge in [-0.2, -0.15) is 0 Å². The Morgan fingerprint density at radius 3 is 1.36 bits per heavy atom. The van der Waals surface area contributed by atoms with Gasteiger partial charge >= 0.3 is 0 Å². The van der Waals surface area contributed by atoms with Gasteiger partial charge in [0.25, 0.3) is 0 Å². The lowest BCUT2D eigenvalue weighted by molar-refractivity contribution is -0.697. The van der Waals surface area contributed by atoms with Gasteiger partial charge in [-0.15, -0.1) is 0 Å². The molecule has 1 aromatic rings. The Labute approximate surface area is 158 Å². The summed E-state index contributed by atoms with van der Waals surface area (Å²) in [6.45, 7) is 5.70. The summed E-state index contributed by atoms with van der Waals surface area (Å²) in [4.78, 5) is 0. The van der Waals surface area contributed by atoms with E-state index in [4.69, 9.17) is 0 Å². The smallest absolute Gasteiger partial charge is 0.169 e. The molecule has 0 amide bonds. The Kier molecular flexibility index (Phi) is 14.7. The van der Waals surface area contributed by atoms with E-state index in [-0.39, 0.29) is 0 Å². The molecule has 1 heterocycles. The van der Waals surface area contributed by atoms with Crippen LogP contribution in [-0.2, 0) is 13.0 Å². The SMILES string of the molecule is CCCCCCCCCCCCCCCCC[n+]1ccc(CC)cc1. The molecule has 1 heteroatoms. The van der Waals surface area contributed by atoms with Crippen LogP contribution in [0.3, 0.4) is 0 Å². The second kappa shape index (κ2) is 16.6. The molecule has 0 aromatic carbocycles. The van der Waals surface area contributed by atoms with Gasteiger partial charge < -0.3 is 0 Å². The van der Waals surface area contributed by atoms with E-state index in [2.05, 4.69) is 42.9 Å². The molecule has 1 nitrogen and oxygen atoms in total. The standard InChI is InChI=1S/C24H44N/c1-3-5-6-7-8-9-10-11-12-13-14-15-16-17-18-21-25-22-19-24(4-2)20-23-25/h19-20,22-23H,3-18,21H2,1-2H3/q+1. The van der Waals surface area contributed by atoms with Crippen LogP contribution in [0, 0.1) is 0 Å². The van der Waals surface area contributed by atoms with E-state index in [1.165, 1.54) is 108 Å². The first-order chi connectivity index (χ1) is 12.4. The molecular weight excluding hydrogens is 302 g/mol. The summed E-state index contributed by atoms with van der Waals surface area (Å²) in [6.07, 6.45) is 27.2.